The number of H-pyrrole nitrogens is 1. The molecule has 1 aromatic carbocycles. The summed E-state index contributed by atoms with van der Waals surface area (Å²) in [6.07, 6.45) is 3.14. The molecule has 9 heteroatoms. The summed E-state index contributed by atoms with van der Waals surface area (Å²) in [5, 5.41) is 13.7. The number of hydrogen-bond acceptors (Lipinski definition) is 7. The summed E-state index contributed by atoms with van der Waals surface area (Å²) in [5.41, 5.74) is 2.71. The zero-order chi connectivity index (χ0) is 22.1. The maximum atomic E-state index is 13.3. The zero-order valence-electron chi connectivity index (χ0n) is 18.8. The fraction of sp³-hybridized carbons (Fsp3) is 0.565. The number of likely N-dealkylation sites (N-methyl/N-ethyl adjacent to an activating group) is 1. The van der Waals surface area contributed by atoms with Crippen molar-refractivity contribution in [2.75, 3.05) is 39.8 Å². The number of nitrogens with one attached hydrogen (secondary N) is 1. The molecule has 0 amide bonds. The standard InChI is InChI=1S/C23H31N7O2/c1-3-16-6-7-20-17(13-16)14-19(23(31)24-20)21(29-10-8-28(2)9-11-29)22-25-26-27-30(22)15-18-5-4-12-32-18/h6-7,13-14,18,21H,3-5,8-12,15H2,1-2H3,(H,24,31). The molecule has 0 radical (unpaired) electrons. The molecule has 2 aliphatic heterocycles. The second-order valence-electron chi connectivity index (χ2n) is 8.92. The van der Waals surface area contributed by atoms with Gasteiger partial charge in [0.25, 0.3) is 5.56 Å². The number of fused-ring (bicyclic) bond motifs is 1. The van der Waals surface area contributed by atoms with Gasteiger partial charge in [0.05, 0.1) is 12.6 Å². The van der Waals surface area contributed by atoms with E-state index in [-0.39, 0.29) is 17.7 Å². The van der Waals surface area contributed by atoms with Crippen molar-refractivity contribution in [1.29, 1.82) is 0 Å². The van der Waals surface area contributed by atoms with E-state index < -0.39 is 0 Å². The number of aromatic amines is 1. The number of ether oxygens (including phenoxy) is 1. The van der Waals surface area contributed by atoms with Crippen LogP contribution in [0.15, 0.2) is 29.1 Å². The van der Waals surface area contributed by atoms with Crippen molar-refractivity contribution in [1.82, 2.24) is 35.0 Å². The van der Waals surface area contributed by atoms with Gasteiger partial charge >= 0.3 is 0 Å². The average molecular weight is 438 g/mol. The highest BCUT2D eigenvalue weighted by Gasteiger charge is 2.33. The number of tetrazole rings is 1. The Morgan fingerprint density at radius 2 is 2.06 bits per heavy atom. The molecule has 5 rings (SSSR count). The second kappa shape index (κ2) is 9.09. The van der Waals surface area contributed by atoms with Crippen LogP contribution in [0.25, 0.3) is 10.9 Å². The number of benzene rings is 1. The predicted molar refractivity (Wildman–Crippen MR) is 122 cm³/mol. The molecule has 170 valence electrons. The Hall–Kier alpha value is -2.62. The quantitative estimate of drug-likeness (QED) is 0.626. The smallest absolute Gasteiger partial charge is 0.253 e. The monoisotopic (exact) mass is 437 g/mol. The van der Waals surface area contributed by atoms with Crippen molar-refractivity contribution in [3.05, 3.63) is 51.6 Å². The van der Waals surface area contributed by atoms with Gasteiger partial charge in [-0.3, -0.25) is 9.69 Å². The number of piperazine rings is 1. The molecule has 2 aliphatic rings. The van der Waals surface area contributed by atoms with Crippen molar-refractivity contribution in [2.24, 2.45) is 0 Å². The van der Waals surface area contributed by atoms with E-state index in [2.05, 4.69) is 56.4 Å². The van der Waals surface area contributed by atoms with E-state index in [0.29, 0.717) is 17.9 Å². The highest BCUT2D eigenvalue weighted by atomic mass is 16.5. The third kappa shape index (κ3) is 4.20. The molecule has 32 heavy (non-hydrogen) atoms. The molecule has 0 bridgehead atoms. The number of hydrogen-bond donors (Lipinski definition) is 1. The van der Waals surface area contributed by atoms with Gasteiger partial charge in [0.2, 0.25) is 0 Å². The maximum absolute atomic E-state index is 13.3. The lowest BCUT2D eigenvalue weighted by Gasteiger charge is -2.37. The van der Waals surface area contributed by atoms with E-state index in [4.69, 9.17) is 4.74 Å². The molecule has 2 aromatic heterocycles. The lowest BCUT2D eigenvalue weighted by atomic mass is 10.0. The normalized spacial score (nSPS) is 21.4. The maximum Gasteiger partial charge on any atom is 0.253 e. The Labute approximate surface area is 187 Å². The van der Waals surface area contributed by atoms with Crippen LogP contribution >= 0.6 is 0 Å². The molecule has 2 saturated heterocycles. The summed E-state index contributed by atoms with van der Waals surface area (Å²) in [7, 11) is 2.13. The van der Waals surface area contributed by atoms with Gasteiger partial charge in [-0.2, -0.15) is 0 Å². The SMILES string of the molecule is CCc1ccc2[nH]c(=O)c(C(c3nnnn3CC3CCCO3)N3CCN(C)CC3)cc2c1. The third-order valence-corrected chi connectivity index (χ3v) is 6.75. The minimum absolute atomic E-state index is 0.0858. The van der Waals surface area contributed by atoms with E-state index >= 15 is 0 Å². The first-order valence-electron chi connectivity index (χ1n) is 11.6. The molecule has 0 spiro atoms. The van der Waals surface area contributed by atoms with Gasteiger partial charge in [-0.1, -0.05) is 13.0 Å². The number of rotatable bonds is 6. The molecule has 3 aromatic rings. The lowest BCUT2D eigenvalue weighted by molar-refractivity contribution is 0.0878. The van der Waals surface area contributed by atoms with Gasteiger partial charge in [0.15, 0.2) is 5.82 Å². The topological polar surface area (TPSA) is 92.2 Å². The Balaban J connectivity index is 1.59. The Bertz CT molecular complexity index is 1130. The van der Waals surface area contributed by atoms with Gasteiger partial charge in [-0.15, -0.1) is 5.10 Å². The molecule has 0 saturated carbocycles. The minimum Gasteiger partial charge on any atom is -0.376 e. The molecular formula is C23H31N7O2. The van der Waals surface area contributed by atoms with Crippen LogP contribution in [0.4, 0.5) is 0 Å². The van der Waals surface area contributed by atoms with Gasteiger partial charge in [0, 0.05) is 43.9 Å². The summed E-state index contributed by atoms with van der Waals surface area (Å²) < 4.78 is 7.67. The summed E-state index contributed by atoms with van der Waals surface area (Å²) in [4.78, 5) is 21.0. The predicted octanol–water partition coefficient (Wildman–Crippen LogP) is 1.59. The van der Waals surface area contributed by atoms with Crippen molar-refractivity contribution in [3.63, 3.8) is 0 Å². The van der Waals surface area contributed by atoms with E-state index in [9.17, 15) is 4.79 Å². The Morgan fingerprint density at radius 3 is 2.81 bits per heavy atom. The van der Waals surface area contributed by atoms with E-state index in [0.717, 1.165) is 63.0 Å². The van der Waals surface area contributed by atoms with Crippen LogP contribution in [0, 0.1) is 0 Å². The van der Waals surface area contributed by atoms with Crippen molar-refractivity contribution < 1.29 is 4.74 Å². The summed E-state index contributed by atoms with van der Waals surface area (Å²) in [6, 6.07) is 7.94. The van der Waals surface area contributed by atoms with Crippen LogP contribution in [0.2, 0.25) is 0 Å². The highest BCUT2D eigenvalue weighted by molar-refractivity contribution is 5.80. The van der Waals surface area contributed by atoms with E-state index in [1.165, 1.54) is 5.56 Å². The molecule has 2 unspecified atom stereocenters. The van der Waals surface area contributed by atoms with E-state index in [1.54, 1.807) is 0 Å². The molecule has 1 N–H and O–H groups in total. The molecule has 2 fully saturated rings. The van der Waals surface area contributed by atoms with Gasteiger partial charge < -0.3 is 14.6 Å². The number of aryl methyl sites for hydroxylation is 1. The molecular weight excluding hydrogens is 406 g/mol. The third-order valence-electron chi connectivity index (χ3n) is 6.75. The van der Waals surface area contributed by atoms with E-state index in [1.807, 2.05) is 16.8 Å². The van der Waals surface area contributed by atoms with Gasteiger partial charge in [-0.25, -0.2) is 4.68 Å². The highest BCUT2D eigenvalue weighted by Crippen LogP contribution is 2.28. The van der Waals surface area contributed by atoms with Gasteiger partial charge in [-0.05, 0) is 65.9 Å². The zero-order valence-corrected chi connectivity index (χ0v) is 18.8. The van der Waals surface area contributed by atoms with Crippen LogP contribution in [-0.2, 0) is 17.7 Å². The van der Waals surface area contributed by atoms with Crippen molar-refractivity contribution in [3.8, 4) is 0 Å². The largest absolute Gasteiger partial charge is 0.376 e. The van der Waals surface area contributed by atoms with Crippen molar-refractivity contribution >= 4 is 10.9 Å². The first-order chi connectivity index (χ1) is 15.6. The minimum atomic E-state index is -0.307. The number of pyridine rings is 1. The van der Waals surface area contributed by atoms with Crippen LogP contribution < -0.4 is 5.56 Å². The molecule has 4 heterocycles. The number of nitrogens with zero attached hydrogens (tertiary/aromatic N) is 6. The molecule has 9 nitrogen and oxygen atoms in total. The number of aromatic nitrogens is 5. The Morgan fingerprint density at radius 1 is 1.22 bits per heavy atom. The second-order valence-corrected chi connectivity index (χ2v) is 8.92. The molecule has 2 atom stereocenters. The van der Waals surface area contributed by atoms with Crippen LogP contribution in [0.5, 0.6) is 0 Å². The lowest BCUT2D eigenvalue weighted by Crippen LogP contribution is -2.47. The molecule has 0 aliphatic carbocycles. The van der Waals surface area contributed by atoms with Crippen LogP contribution in [0.1, 0.15) is 42.8 Å². The first-order valence-corrected chi connectivity index (χ1v) is 11.6. The van der Waals surface area contributed by atoms with Crippen LogP contribution in [0.3, 0.4) is 0 Å². The Kier molecular flexibility index (Phi) is 6.03. The average Bonchev–Trinajstić information content (AvgIpc) is 3.48. The summed E-state index contributed by atoms with van der Waals surface area (Å²) in [6.45, 7) is 7.11. The fourth-order valence-electron chi connectivity index (χ4n) is 4.79. The summed E-state index contributed by atoms with van der Waals surface area (Å²) >= 11 is 0. The fourth-order valence-corrected chi connectivity index (χ4v) is 4.79. The van der Waals surface area contributed by atoms with Crippen molar-refractivity contribution in [2.45, 2.75) is 44.9 Å². The first kappa shape index (κ1) is 21.2. The van der Waals surface area contributed by atoms with Crippen LogP contribution in [-0.4, -0.2) is 80.9 Å². The van der Waals surface area contributed by atoms with Gasteiger partial charge in [0.1, 0.15) is 6.04 Å². The summed E-state index contributed by atoms with van der Waals surface area (Å²) in [5.74, 6) is 0.710.